The molecule has 4 heteroatoms. The first kappa shape index (κ1) is 16.6. The molecule has 1 heterocycles. The summed E-state index contributed by atoms with van der Waals surface area (Å²) in [6.07, 6.45) is 5.01. The van der Waals surface area contributed by atoms with Gasteiger partial charge >= 0.3 is 5.97 Å². The molecule has 0 amide bonds. The normalized spacial score (nSPS) is 11.1. The Hall–Kier alpha value is -2.75. The van der Waals surface area contributed by atoms with Crippen LogP contribution < -0.4 is 0 Å². The number of carbonyl (C=O) groups excluding carboxylic acids is 2. The Bertz CT molecular complexity index is 703. The van der Waals surface area contributed by atoms with Gasteiger partial charge in [-0.1, -0.05) is 24.3 Å². The molecule has 0 aliphatic heterocycles. The van der Waals surface area contributed by atoms with Gasteiger partial charge in [-0.2, -0.15) is 0 Å². The van der Waals surface area contributed by atoms with Crippen LogP contribution in [0.2, 0.25) is 0 Å². The number of allylic oxidation sites excluding steroid dienone is 1. The number of hydrogen-bond acceptors (Lipinski definition) is 4. The molecule has 2 rings (SSSR count). The van der Waals surface area contributed by atoms with E-state index in [0.29, 0.717) is 18.6 Å². The Kier molecular flexibility index (Phi) is 5.80. The van der Waals surface area contributed by atoms with Crippen molar-refractivity contribution in [3.63, 3.8) is 0 Å². The van der Waals surface area contributed by atoms with Crippen LogP contribution in [0.5, 0.6) is 0 Å². The summed E-state index contributed by atoms with van der Waals surface area (Å²) in [6, 6.07) is 11.1. The van der Waals surface area contributed by atoms with E-state index in [9.17, 15) is 9.59 Å². The molecule has 0 aliphatic carbocycles. The Balaban J connectivity index is 2.05. The molecule has 0 bridgehead atoms. The molecule has 0 unspecified atom stereocenters. The zero-order valence-electron chi connectivity index (χ0n) is 13.3. The van der Waals surface area contributed by atoms with Gasteiger partial charge in [0.05, 0.1) is 6.61 Å². The second-order valence-electron chi connectivity index (χ2n) is 5.12. The lowest BCUT2D eigenvalue weighted by molar-refractivity contribution is -0.137. The van der Waals surface area contributed by atoms with Crippen molar-refractivity contribution in [1.82, 2.24) is 4.98 Å². The van der Waals surface area contributed by atoms with E-state index in [1.54, 1.807) is 31.5 Å². The van der Waals surface area contributed by atoms with Crippen LogP contribution in [0.4, 0.5) is 0 Å². The number of pyridine rings is 1. The molecule has 0 saturated heterocycles. The van der Waals surface area contributed by atoms with Crippen LogP contribution in [-0.2, 0) is 16.0 Å². The van der Waals surface area contributed by atoms with E-state index >= 15 is 0 Å². The number of hydrogen-bond donors (Lipinski definition) is 0. The topological polar surface area (TPSA) is 56.3 Å². The van der Waals surface area contributed by atoms with E-state index in [0.717, 1.165) is 16.7 Å². The molecule has 0 spiro atoms. The van der Waals surface area contributed by atoms with Crippen molar-refractivity contribution in [3.05, 3.63) is 71.6 Å². The summed E-state index contributed by atoms with van der Waals surface area (Å²) >= 11 is 0. The minimum absolute atomic E-state index is 0.0321. The van der Waals surface area contributed by atoms with Gasteiger partial charge in [-0.15, -0.1) is 0 Å². The molecule has 0 atom stereocenters. The van der Waals surface area contributed by atoms with E-state index in [2.05, 4.69) is 4.98 Å². The highest BCUT2D eigenvalue weighted by atomic mass is 16.5. The number of Topliss-reactive ketones (excluding diaryl/α,β-unsaturated/α-hetero) is 1. The first-order chi connectivity index (χ1) is 11.1. The predicted molar refractivity (Wildman–Crippen MR) is 89.0 cm³/mol. The predicted octanol–water partition coefficient (Wildman–Crippen LogP) is 3.47. The summed E-state index contributed by atoms with van der Waals surface area (Å²) in [5, 5.41) is 0. The number of ether oxygens (including phenoxy) is 1. The quantitative estimate of drug-likeness (QED) is 0.466. The second kappa shape index (κ2) is 8.03. The van der Waals surface area contributed by atoms with Crippen LogP contribution in [0, 0.1) is 0 Å². The maximum Gasteiger partial charge on any atom is 0.331 e. The molecule has 0 N–H and O–H groups in total. The standard InChI is InChI=1S/C19H19NO3/c1-3-23-19(22)11-14(2)16-8-6-15(7-9-16)12-18(21)17-5-4-10-20-13-17/h4-11,13H,3,12H2,1-2H3. The summed E-state index contributed by atoms with van der Waals surface area (Å²) in [5.41, 5.74) is 3.28. The molecule has 0 fully saturated rings. The van der Waals surface area contributed by atoms with Gasteiger partial charge in [0.2, 0.25) is 0 Å². The fourth-order valence-corrected chi connectivity index (χ4v) is 2.14. The van der Waals surface area contributed by atoms with Crippen molar-refractivity contribution >= 4 is 17.3 Å². The van der Waals surface area contributed by atoms with Crippen LogP contribution in [0.25, 0.3) is 5.57 Å². The maximum atomic E-state index is 12.1. The van der Waals surface area contributed by atoms with E-state index in [1.165, 1.54) is 6.08 Å². The monoisotopic (exact) mass is 309 g/mol. The van der Waals surface area contributed by atoms with Crippen molar-refractivity contribution < 1.29 is 14.3 Å². The van der Waals surface area contributed by atoms with Gasteiger partial charge in [-0.3, -0.25) is 9.78 Å². The summed E-state index contributed by atoms with van der Waals surface area (Å²) in [5.74, 6) is -0.314. The number of carbonyl (C=O) groups is 2. The highest BCUT2D eigenvalue weighted by Gasteiger charge is 2.07. The van der Waals surface area contributed by atoms with Gasteiger partial charge in [0.1, 0.15) is 0 Å². The fraction of sp³-hybridized carbons (Fsp3) is 0.211. The zero-order chi connectivity index (χ0) is 16.7. The highest BCUT2D eigenvalue weighted by molar-refractivity contribution is 5.97. The van der Waals surface area contributed by atoms with Gasteiger partial charge in [0.15, 0.2) is 5.78 Å². The first-order valence-electron chi connectivity index (χ1n) is 7.47. The number of benzene rings is 1. The minimum Gasteiger partial charge on any atom is -0.463 e. The van der Waals surface area contributed by atoms with Gasteiger partial charge in [0.25, 0.3) is 0 Å². The molecule has 2 aromatic rings. The van der Waals surface area contributed by atoms with E-state index < -0.39 is 0 Å². The molecule has 0 aliphatic rings. The summed E-state index contributed by atoms with van der Waals surface area (Å²) in [6.45, 7) is 3.99. The van der Waals surface area contributed by atoms with Crippen LogP contribution in [0.3, 0.4) is 0 Å². The third-order valence-electron chi connectivity index (χ3n) is 3.38. The third-order valence-corrected chi connectivity index (χ3v) is 3.38. The van der Waals surface area contributed by atoms with Crippen LogP contribution >= 0.6 is 0 Å². The van der Waals surface area contributed by atoms with Crippen LogP contribution in [-0.4, -0.2) is 23.3 Å². The molecule has 23 heavy (non-hydrogen) atoms. The van der Waals surface area contributed by atoms with Crippen molar-refractivity contribution in [3.8, 4) is 0 Å². The van der Waals surface area contributed by atoms with Crippen molar-refractivity contribution in [2.75, 3.05) is 6.61 Å². The third kappa shape index (κ3) is 4.88. The lowest BCUT2D eigenvalue weighted by atomic mass is 10.0. The molecular formula is C19H19NO3. The minimum atomic E-state index is -0.346. The molecule has 118 valence electrons. The first-order valence-corrected chi connectivity index (χ1v) is 7.47. The summed E-state index contributed by atoms with van der Waals surface area (Å²) in [7, 11) is 0. The summed E-state index contributed by atoms with van der Waals surface area (Å²) < 4.78 is 4.89. The average molecular weight is 309 g/mol. The van der Waals surface area contributed by atoms with Crippen molar-refractivity contribution in [2.45, 2.75) is 20.3 Å². The highest BCUT2D eigenvalue weighted by Crippen LogP contribution is 2.16. The largest absolute Gasteiger partial charge is 0.463 e. The van der Waals surface area contributed by atoms with Crippen molar-refractivity contribution in [2.24, 2.45) is 0 Å². The zero-order valence-corrected chi connectivity index (χ0v) is 13.3. The number of aromatic nitrogens is 1. The molecular weight excluding hydrogens is 290 g/mol. The molecule has 1 aromatic heterocycles. The van der Waals surface area contributed by atoms with Gasteiger partial charge < -0.3 is 4.74 Å². The SMILES string of the molecule is CCOC(=O)C=C(C)c1ccc(CC(=O)c2cccnc2)cc1. The number of rotatable bonds is 6. The number of esters is 1. The van der Waals surface area contributed by atoms with Crippen molar-refractivity contribution in [1.29, 1.82) is 0 Å². The van der Waals surface area contributed by atoms with E-state index in [1.807, 2.05) is 31.2 Å². The Labute approximate surface area is 135 Å². The maximum absolute atomic E-state index is 12.1. The Morgan fingerprint density at radius 3 is 2.48 bits per heavy atom. The molecule has 4 nitrogen and oxygen atoms in total. The van der Waals surface area contributed by atoms with Gasteiger partial charge in [-0.05, 0) is 42.7 Å². The van der Waals surface area contributed by atoms with E-state index in [-0.39, 0.29) is 11.8 Å². The molecule has 1 aromatic carbocycles. The lowest BCUT2D eigenvalue weighted by Crippen LogP contribution is -2.04. The average Bonchev–Trinajstić information content (AvgIpc) is 2.56. The molecule has 0 radical (unpaired) electrons. The van der Waals surface area contributed by atoms with Gasteiger partial charge in [0, 0.05) is 30.5 Å². The van der Waals surface area contributed by atoms with Gasteiger partial charge in [-0.25, -0.2) is 4.79 Å². The van der Waals surface area contributed by atoms with Crippen LogP contribution in [0.1, 0.15) is 35.3 Å². The molecule has 0 saturated carbocycles. The number of ketones is 1. The van der Waals surface area contributed by atoms with E-state index in [4.69, 9.17) is 4.74 Å². The number of nitrogens with zero attached hydrogens (tertiary/aromatic N) is 1. The van der Waals surface area contributed by atoms with Crippen LogP contribution in [0.15, 0.2) is 54.9 Å². The lowest BCUT2D eigenvalue weighted by Gasteiger charge is -2.05. The Morgan fingerprint density at radius 2 is 1.87 bits per heavy atom. The Morgan fingerprint density at radius 1 is 1.13 bits per heavy atom. The fourth-order valence-electron chi connectivity index (χ4n) is 2.14. The summed E-state index contributed by atoms with van der Waals surface area (Å²) in [4.78, 5) is 27.5. The second-order valence-corrected chi connectivity index (χ2v) is 5.12. The smallest absolute Gasteiger partial charge is 0.331 e.